The van der Waals surface area contributed by atoms with Crippen LogP contribution in [0.1, 0.15) is 12.5 Å². The highest BCUT2D eigenvalue weighted by atomic mass is 32.2. The number of aromatic nitrogens is 2. The van der Waals surface area contributed by atoms with E-state index >= 15 is 0 Å². The molecule has 0 fully saturated rings. The lowest BCUT2D eigenvalue weighted by molar-refractivity contribution is 0.427. The Morgan fingerprint density at radius 3 is 2.88 bits per heavy atom. The van der Waals surface area contributed by atoms with Gasteiger partial charge in [-0.2, -0.15) is 5.10 Å². The summed E-state index contributed by atoms with van der Waals surface area (Å²) in [6, 6.07) is 0.0499. The van der Waals surface area contributed by atoms with Gasteiger partial charge in [-0.1, -0.05) is 0 Å². The van der Waals surface area contributed by atoms with E-state index in [1.165, 1.54) is 6.26 Å². The first kappa shape index (κ1) is 12.2. The zero-order chi connectivity index (χ0) is 12.6. The van der Waals surface area contributed by atoms with Gasteiger partial charge in [-0.25, -0.2) is 13.1 Å². The summed E-state index contributed by atoms with van der Waals surface area (Å²) >= 11 is 0. The van der Waals surface area contributed by atoms with Crippen LogP contribution in [-0.4, -0.2) is 44.6 Å². The molecule has 0 spiro atoms. The molecule has 0 amide bonds. The van der Waals surface area contributed by atoms with E-state index in [1.807, 2.05) is 0 Å². The Bertz CT molecular complexity index is 522. The van der Waals surface area contributed by atoms with Gasteiger partial charge in [-0.15, -0.1) is 0 Å². The van der Waals surface area contributed by atoms with Gasteiger partial charge in [0.15, 0.2) is 20.6 Å². The Hall–Kier alpha value is -1.28. The molecule has 1 aliphatic heterocycles. The summed E-state index contributed by atoms with van der Waals surface area (Å²) in [4.78, 5) is 0.221. The average molecular weight is 259 g/mol. The highest BCUT2D eigenvalue weighted by molar-refractivity contribution is 7.91. The van der Waals surface area contributed by atoms with Gasteiger partial charge in [-0.05, 0) is 6.42 Å². The molecule has 0 saturated heterocycles. The Balaban J connectivity index is 2.64. The normalized spacial score (nSPS) is 19.6. The second kappa shape index (κ2) is 4.19. The largest absolute Gasteiger partial charge is 0.371 e. The van der Waals surface area contributed by atoms with Crippen LogP contribution in [0.5, 0.6) is 0 Å². The topological polar surface area (TPSA) is 102 Å². The van der Waals surface area contributed by atoms with Gasteiger partial charge in [-0.3, -0.25) is 0 Å². The number of anilines is 2. The van der Waals surface area contributed by atoms with Crippen molar-refractivity contribution in [2.75, 3.05) is 37.0 Å². The minimum atomic E-state index is -3.32. The molecule has 1 aromatic heterocycles. The monoisotopic (exact) mass is 259 g/mol. The van der Waals surface area contributed by atoms with Crippen molar-refractivity contribution in [3.8, 4) is 0 Å². The Kier molecular flexibility index (Phi) is 3.00. The summed E-state index contributed by atoms with van der Waals surface area (Å²) in [6.07, 6.45) is 2.02. The van der Waals surface area contributed by atoms with Crippen molar-refractivity contribution in [2.24, 2.45) is 5.73 Å². The van der Waals surface area contributed by atoms with E-state index in [9.17, 15) is 8.42 Å². The molecule has 96 valence electrons. The third-order valence-electron chi connectivity index (χ3n) is 2.86. The van der Waals surface area contributed by atoms with Crippen LogP contribution in [-0.2, 0) is 9.84 Å². The zero-order valence-electron chi connectivity index (χ0n) is 9.90. The lowest BCUT2D eigenvalue weighted by atomic mass is 10.2. The van der Waals surface area contributed by atoms with Gasteiger partial charge in [0.05, 0.1) is 6.04 Å². The highest BCUT2D eigenvalue weighted by Gasteiger charge is 2.30. The smallest absolute Gasteiger partial charge is 0.182 e. The molecular formula is C9H17N5O2S. The molecule has 2 rings (SSSR count). The average Bonchev–Trinajstić information content (AvgIpc) is 2.66. The van der Waals surface area contributed by atoms with Crippen molar-refractivity contribution < 1.29 is 8.42 Å². The number of fused-ring (bicyclic) bond motifs is 1. The fourth-order valence-corrected chi connectivity index (χ4v) is 3.07. The molecule has 2 heterocycles. The molecule has 1 unspecified atom stereocenters. The first-order valence-electron chi connectivity index (χ1n) is 5.43. The van der Waals surface area contributed by atoms with Gasteiger partial charge in [0, 0.05) is 26.4 Å². The van der Waals surface area contributed by atoms with Crippen LogP contribution in [0.3, 0.4) is 0 Å². The molecule has 4 N–H and O–H groups in total. The Morgan fingerprint density at radius 1 is 1.65 bits per heavy atom. The maximum Gasteiger partial charge on any atom is 0.182 e. The van der Waals surface area contributed by atoms with Crippen molar-refractivity contribution >= 4 is 21.5 Å². The molecule has 0 saturated carbocycles. The number of rotatable bonds is 3. The lowest BCUT2D eigenvalue weighted by Gasteiger charge is -2.24. The highest BCUT2D eigenvalue weighted by Crippen LogP contribution is 2.34. The molecule has 0 aromatic carbocycles. The molecule has 1 aromatic rings. The molecule has 0 bridgehead atoms. The van der Waals surface area contributed by atoms with Crippen molar-refractivity contribution in [3.05, 3.63) is 0 Å². The summed E-state index contributed by atoms with van der Waals surface area (Å²) in [5, 5.41) is 10.2. The second-order valence-electron chi connectivity index (χ2n) is 4.10. The summed E-state index contributed by atoms with van der Waals surface area (Å²) in [7, 11) is -1.67. The predicted molar refractivity (Wildman–Crippen MR) is 66.1 cm³/mol. The minimum Gasteiger partial charge on any atom is -0.371 e. The van der Waals surface area contributed by atoms with E-state index in [0.717, 1.165) is 6.42 Å². The Morgan fingerprint density at radius 2 is 2.35 bits per heavy atom. The fraction of sp³-hybridized carbons (Fsp3) is 0.667. The van der Waals surface area contributed by atoms with Crippen LogP contribution in [0.15, 0.2) is 4.90 Å². The maximum atomic E-state index is 11.8. The zero-order valence-corrected chi connectivity index (χ0v) is 10.7. The quantitative estimate of drug-likeness (QED) is 0.685. The van der Waals surface area contributed by atoms with Crippen LogP contribution in [0, 0.1) is 0 Å². The summed E-state index contributed by atoms with van der Waals surface area (Å²) in [6.45, 7) is 1.15. The third-order valence-corrected chi connectivity index (χ3v) is 3.99. The van der Waals surface area contributed by atoms with Gasteiger partial charge in [0.1, 0.15) is 5.82 Å². The minimum absolute atomic E-state index is 0.0499. The molecular weight excluding hydrogens is 242 g/mol. The van der Waals surface area contributed by atoms with Gasteiger partial charge >= 0.3 is 0 Å². The summed E-state index contributed by atoms with van der Waals surface area (Å²) in [5.74, 6) is 0.911. The number of sulfone groups is 1. The number of hydrogen-bond acceptors (Lipinski definition) is 6. The van der Waals surface area contributed by atoms with E-state index < -0.39 is 9.84 Å². The molecule has 7 nitrogen and oxygen atoms in total. The van der Waals surface area contributed by atoms with Crippen molar-refractivity contribution in [2.45, 2.75) is 17.4 Å². The second-order valence-corrected chi connectivity index (χ2v) is 6.05. The first-order chi connectivity index (χ1) is 7.99. The SMILES string of the molecule is CNc1nn2c(c1S(C)(=O)=O)NCCC2CN. The molecule has 1 aliphatic rings. The number of hydrogen-bond donors (Lipinski definition) is 3. The van der Waals surface area contributed by atoms with Crippen molar-refractivity contribution in [1.82, 2.24) is 9.78 Å². The van der Waals surface area contributed by atoms with Gasteiger partial charge in [0.2, 0.25) is 0 Å². The number of nitrogens with one attached hydrogen (secondary N) is 2. The maximum absolute atomic E-state index is 11.8. The predicted octanol–water partition coefficient (Wildman–Crippen LogP) is -0.356. The molecule has 17 heavy (non-hydrogen) atoms. The van der Waals surface area contributed by atoms with E-state index in [0.29, 0.717) is 24.7 Å². The van der Waals surface area contributed by atoms with E-state index in [-0.39, 0.29) is 10.9 Å². The van der Waals surface area contributed by atoms with Gasteiger partial charge < -0.3 is 16.4 Å². The molecule has 0 radical (unpaired) electrons. The summed E-state index contributed by atoms with van der Waals surface area (Å²) < 4.78 is 25.2. The number of nitrogens with two attached hydrogens (primary N) is 1. The van der Waals surface area contributed by atoms with Crippen LogP contribution in [0.4, 0.5) is 11.6 Å². The lowest BCUT2D eigenvalue weighted by Crippen LogP contribution is -2.29. The van der Waals surface area contributed by atoms with Crippen LogP contribution >= 0.6 is 0 Å². The fourth-order valence-electron chi connectivity index (χ4n) is 2.06. The van der Waals surface area contributed by atoms with E-state index in [2.05, 4.69) is 15.7 Å². The molecule has 8 heteroatoms. The standard InChI is InChI=1S/C9H17N5O2S/c1-11-8-7(17(2,15)16)9-12-4-3-6(5-10)14(9)13-8/h6,12H,3-5,10H2,1-2H3,(H,11,13). The van der Waals surface area contributed by atoms with E-state index in [4.69, 9.17) is 5.73 Å². The van der Waals surface area contributed by atoms with Crippen molar-refractivity contribution in [1.29, 1.82) is 0 Å². The first-order valence-corrected chi connectivity index (χ1v) is 7.32. The third kappa shape index (κ3) is 1.98. The molecule has 1 atom stereocenters. The van der Waals surface area contributed by atoms with Crippen LogP contribution < -0.4 is 16.4 Å². The Labute approximate surface area is 100 Å². The van der Waals surface area contributed by atoms with Gasteiger partial charge in [0.25, 0.3) is 0 Å². The number of nitrogens with zero attached hydrogens (tertiary/aromatic N) is 2. The van der Waals surface area contributed by atoms with Crippen LogP contribution in [0.2, 0.25) is 0 Å². The summed E-state index contributed by atoms with van der Waals surface area (Å²) in [5.41, 5.74) is 5.67. The van der Waals surface area contributed by atoms with Crippen LogP contribution in [0.25, 0.3) is 0 Å². The van der Waals surface area contributed by atoms with E-state index in [1.54, 1.807) is 11.7 Å². The molecule has 0 aliphatic carbocycles. The van der Waals surface area contributed by atoms with Crippen molar-refractivity contribution in [3.63, 3.8) is 0 Å².